The van der Waals surface area contributed by atoms with E-state index in [1.54, 1.807) is 30.6 Å². The molecule has 4 nitrogen and oxygen atoms in total. The molecule has 0 atom stereocenters. The molecule has 2 rings (SSSR count). The van der Waals surface area contributed by atoms with Gasteiger partial charge in [0.25, 0.3) is 0 Å². The second kappa shape index (κ2) is 7.17. The zero-order valence-electron chi connectivity index (χ0n) is 11.6. The largest absolute Gasteiger partial charge is 0.490 e. The molecule has 106 valence electrons. The standard InChI is InChI=1S/C15H17NO3S/c1-11-16-12(10-20-11)9-14(17)13-5-3-4-6-15(13)19-8-7-18-2/h3-6,10H,7-9H2,1-2H3. The molecule has 0 radical (unpaired) electrons. The number of aromatic nitrogens is 1. The number of carbonyl (C=O) groups is 1. The van der Waals surface area contributed by atoms with Crippen LogP contribution in [0.5, 0.6) is 5.75 Å². The van der Waals surface area contributed by atoms with Gasteiger partial charge in [0.2, 0.25) is 0 Å². The van der Waals surface area contributed by atoms with E-state index in [1.165, 1.54) is 0 Å². The van der Waals surface area contributed by atoms with Gasteiger partial charge in [-0.1, -0.05) is 12.1 Å². The molecular weight excluding hydrogens is 274 g/mol. The van der Waals surface area contributed by atoms with E-state index in [0.29, 0.717) is 30.9 Å². The molecule has 0 unspecified atom stereocenters. The first-order valence-corrected chi connectivity index (χ1v) is 7.23. The maximum Gasteiger partial charge on any atom is 0.172 e. The van der Waals surface area contributed by atoms with Crippen molar-refractivity contribution in [2.75, 3.05) is 20.3 Å². The Bertz CT molecular complexity index is 580. The van der Waals surface area contributed by atoms with Gasteiger partial charge in [-0.25, -0.2) is 4.98 Å². The summed E-state index contributed by atoms with van der Waals surface area (Å²) in [6, 6.07) is 7.27. The lowest BCUT2D eigenvalue weighted by atomic mass is 10.1. The number of Topliss-reactive ketones (excluding diaryl/α,β-unsaturated/α-hetero) is 1. The second-order valence-electron chi connectivity index (χ2n) is 4.30. The Balaban J connectivity index is 2.08. The van der Waals surface area contributed by atoms with Crippen LogP contribution in [0.15, 0.2) is 29.6 Å². The van der Waals surface area contributed by atoms with Crippen molar-refractivity contribution in [2.24, 2.45) is 0 Å². The van der Waals surface area contributed by atoms with Crippen molar-refractivity contribution in [2.45, 2.75) is 13.3 Å². The zero-order chi connectivity index (χ0) is 14.4. The monoisotopic (exact) mass is 291 g/mol. The first-order chi connectivity index (χ1) is 9.70. The molecule has 0 aliphatic rings. The van der Waals surface area contributed by atoms with Gasteiger partial charge < -0.3 is 9.47 Å². The van der Waals surface area contributed by atoms with Gasteiger partial charge in [0.1, 0.15) is 12.4 Å². The SMILES string of the molecule is COCCOc1ccccc1C(=O)Cc1csc(C)n1. The molecule has 0 fully saturated rings. The minimum atomic E-state index is 0.0170. The second-order valence-corrected chi connectivity index (χ2v) is 5.36. The van der Waals surface area contributed by atoms with Crippen molar-refractivity contribution in [3.63, 3.8) is 0 Å². The number of hydrogen-bond acceptors (Lipinski definition) is 5. The fourth-order valence-electron chi connectivity index (χ4n) is 1.81. The van der Waals surface area contributed by atoms with Crippen molar-refractivity contribution in [3.8, 4) is 5.75 Å². The van der Waals surface area contributed by atoms with Crippen LogP contribution in [0.2, 0.25) is 0 Å². The van der Waals surface area contributed by atoms with Crippen molar-refractivity contribution >= 4 is 17.1 Å². The minimum absolute atomic E-state index is 0.0170. The lowest BCUT2D eigenvalue weighted by molar-refractivity contribution is 0.0984. The number of thiazole rings is 1. The van der Waals surface area contributed by atoms with Crippen molar-refractivity contribution in [1.29, 1.82) is 0 Å². The quantitative estimate of drug-likeness (QED) is 0.581. The summed E-state index contributed by atoms with van der Waals surface area (Å²) >= 11 is 1.55. The summed E-state index contributed by atoms with van der Waals surface area (Å²) in [5, 5.41) is 2.89. The van der Waals surface area contributed by atoms with E-state index < -0.39 is 0 Å². The third-order valence-electron chi connectivity index (χ3n) is 2.74. The summed E-state index contributed by atoms with van der Waals surface area (Å²) < 4.78 is 10.5. The molecule has 0 N–H and O–H groups in total. The Kier molecular flexibility index (Phi) is 5.26. The van der Waals surface area contributed by atoms with Gasteiger partial charge in [-0.2, -0.15) is 0 Å². The number of benzene rings is 1. The number of para-hydroxylation sites is 1. The minimum Gasteiger partial charge on any atom is -0.490 e. The highest BCUT2D eigenvalue weighted by Crippen LogP contribution is 2.20. The van der Waals surface area contributed by atoms with E-state index >= 15 is 0 Å². The average molecular weight is 291 g/mol. The van der Waals surface area contributed by atoms with Gasteiger partial charge in [0, 0.05) is 12.5 Å². The van der Waals surface area contributed by atoms with Crippen molar-refractivity contribution in [3.05, 3.63) is 45.9 Å². The number of rotatable bonds is 7. The van der Waals surface area contributed by atoms with Gasteiger partial charge in [-0.15, -0.1) is 11.3 Å². The van der Waals surface area contributed by atoms with Gasteiger partial charge in [-0.05, 0) is 19.1 Å². The molecule has 1 aromatic carbocycles. The Labute approximate surface area is 122 Å². The van der Waals surface area contributed by atoms with Crippen LogP contribution in [0.4, 0.5) is 0 Å². The van der Waals surface area contributed by atoms with Gasteiger partial charge in [0.15, 0.2) is 5.78 Å². The molecule has 0 saturated carbocycles. The maximum atomic E-state index is 12.3. The van der Waals surface area contributed by atoms with Crippen LogP contribution in [-0.4, -0.2) is 31.1 Å². The summed E-state index contributed by atoms with van der Waals surface area (Å²) in [6.45, 7) is 2.85. The third kappa shape index (κ3) is 3.88. The Hall–Kier alpha value is -1.72. The first kappa shape index (κ1) is 14.7. The predicted molar refractivity (Wildman–Crippen MR) is 78.7 cm³/mol. The number of nitrogens with zero attached hydrogens (tertiary/aromatic N) is 1. The third-order valence-corrected chi connectivity index (χ3v) is 3.56. The van der Waals surface area contributed by atoms with Crippen LogP contribution < -0.4 is 4.74 Å². The zero-order valence-corrected chi connectivity index (χ0v) is 12.4. The predicted octanol–water partition coefficient (Wildman–Crippen LogP) is 2.90. The van der Waals surface area contributed by atoms with Crippen molar-refractivity contribution in [1.82, 2.24) is 4.98 Å². The van der Waals surface area contributed by atoms with E-state index in [2.05, 4.69) is 4.98 Å². The van der Waals surface area contributed by atoms with Gasteiger partial charge in [-0.3, -0.25) is 4.79 Å². The summed E-state index contributed by atoms with van der Waals surface area (Å²) in [7, 11) is 1.62. The molecule has 0 aliphatic heterocycles. The molecule has 0 saturated heterocycles. The van der Waals surface area contributed by atoms with Gasteiger partial charge in [0.05, 0.1) is 29.3 Å². The molecule has 0 amide bonds. The smallest absolute Gasteiger partial charge is 0.172 e. The number of methoxy groups -OCH3 is 1. The Morgan fingerprint density at radius 3 is 2.80 bits per heavy atom. The number of hydrogen-bond donors (Lipinski definition) is 0. The average Bonchev–Trinajstić information content (AvgIpc) is 2.85. The molecule has 0 bridgehead atoms. The van der Waals surface area contributed by atoms with Gasteiger partial charge >= 0.3 is 0 Å². The van der Waals surface area contributed by atoms with E-state index in [9.17, 15) is 4.79 Å². The van der Waals surface area contributed by atoms with Crippen LogP contribution in [0.3, 0.4) is 0 Å². The summed E-state index contributed by atoms with van der Waals surface area (Å²) in [5.74, 6) is 0.616. The maximum absolute atomic E-state index is 12.3. The molecule has 1 aromatic heterocycles. The fraction of sp³-hybridized carbons (Fsp3) is 0.333. The summed E-state index contributed by atoms with van der Waals surface area (Å²) in [6.07, 6.45) is 0.301. The highest BCUT2D eigenvalue weighted by molar-refractivity contribution is 7.09. The van der Waals surface area contributed by atoms with E-state index in [-0.39, 0.29) is 5.78 Å². The van der Waals surface area contributed by atoms with Crippen LogP contribution in [-0.2, 0) is 11.2 Å². The number of ether oxygens (including phenoxy) is 2. The van der Waals surface area contributed by atoms with E-state index in [1.807, 2.05) is 24.4 Å². The van der Waals surface area contributed by atoms with Crippen LogP contribution in [0.25, 0.3) is 0 Å². The van der Waals surface area contributed by atoms with Crippen LogP contribution >= 0.6 is 11.3 Å². The van der Waals surface area contributed by atoms with E-state index in [0.717, 1.165) is 10.7 Å². The molecule has 2 aromatic rings. The van der Waals surface area contributed by atoms with Crippen LogP contribution in [0.1, 0.15) is 21.1 Å². The highest BCUT2D eigenvalue weighted by atomic mass is 32.1. The Morgan fingerprint density at radius 1 is 1.30 bits per heavy atom. The fourth-order valence-corrected chi connectivity index (χ4v) is 2.42. The number of carbonyl (C=O) groups excluding carboxylic acids is 1. The molecular formula is C15H17NO3S. The van der Waals surface area contributed by atoms with Crippen LogP contribution in [0, 0.1) is 6.92 Å². The molecule has 20 heavy (non-hydrogen) atoms. The molecule has 0 spiro atoms. The highest BCUT2D eigenvalue weighted by Gasteiger charge is 2.14. The number of ketones is 1. The topological polar surface area (TPSA) is 48.4 Å². The normalized spacial score (nSPS) is 10.5. The number of aryl methyl sites for hydroxylation is 1. The Morgan fingerprint density at radius 2 is 2.10 bits per heavy atom. The lowest BCUT2D eigenvalue weighted by Gasteiger charge is -2.09. The molecule has 5 heteroatoms. The van der Waals surface area contributed by atoms with Crippen molar-refractivity contribution < 1.29 is 14.3 Å². The lowest BCUT2D eigenvalue weighted by Crippen LogP contribution is -2.10. The summed E-state index contributed by atoms with van der Waals surface area (Å²) in [4.78, 5) is 16.6. The first-order valence-electron chi connectivity index (χ1n) is 6.35. The molecule has 0 aliphatic carbocycles. The summed E-state index contributed by atoms with van der Waals surface area (Å²) in [5.41, 5.74) is 1.40. The van der Waals surface area contributed by atoms with E-state index in [4.69, 9.17) is 9.47 Å². The molecule has 1 heterocycles.